The van der Waals surface area contributed by atoms with Gasteiger partial charge in [0.1, 0.15) is 0 Å². The molecule has 0 amide bonds. The fourth-order valence-electron chi connectivity index (χ4n) is 1.93. The van der Waals surface area contributed by atoms with E-state index >= 15 is 0 Å². The summed E-state index contributed by atoms with van der Waals surface area (Å²) in [5.74, 6) is -0.223. The number of sulfonamides is 1. The average molecular weight is 338 g/mol. The second-order valence-corrected chi connectivity index (χ2v) is 6.35. The number of nitro benzene ring substituents is 1. The third-order valence-electron chi connectivity index (χ3n) is 2.87. The van der Waals surface area contributed by atoms with Crippen LogP contribution in [-0.4, -0.2) is 30.4 Å². The highest BCUT2D eigenvalue weighted by atomic mass is 32.2. The quantitative estimate of drug-likeness (QED) is 0.651. The predicted molar refractivity (Wildman–Crippen MR) is 82.0 cm³/mol. The van der Waals surface area contributed by atoms with Gasteiger partial charge in [0.2, 0.25) is 5.95 Å². The van der Waals surface area contributed by atoms with Crippen LogP contribution in [0.5, 0.6) is 5.75 Å². The third-order valence-corrected chi connectivity index (χ3v) is 4.19. The van der Waals surface area contributed by atoms with Crippen LogP contribution in [-0.2, 0) is 10.0 Å². The Morgan fingerprint density at radius 3 is 2.30 bits per heavy atom. The van der Waals surface area contributed by atoms with Crippen molar-refractivity contribution in [1.82, 2.24) is 9.97 Å². The topological polar surface area (TPSA) is 124 Å². The van der Waals surface area contributed by atoms with Gasteiger partial charge in [0.15, 0.2) is 5.75 Å². The first-order chi connectivity index (χ1) is 10.7. The van der Waals surface area contributed by atoms with Gasteiger partial charge in [-0.1, -0.05) is 0 Å². The Bertz CT molecular complexity index is 846. The summed E-state index contributed by atoms with van der Waals surface area (Å²) in [6, 6.07) is 4.96. The number of hydrogen-bond acceptors (Lipinski definition) is 7. The van der Waals surface area contributed by atoms with Crippen LogP contribution in [0.15, 0.2) is 29.2 Å². The van der Waals surface area contributed by atoms with Crippen LogP contribution in [0.2, 0.25) is 0 Å². The zero-order valence-electron chi connectivity index (χ0n) is 12.6. The standard InChI is InChI=1S/C13H14N4O5S/c1-8-6-9(2)15-13(14-8)16-23(20,21)10-4-5-11(17(18)19)12(7-10)22-3/h4-7H,1-3H3,(H,14,15,16). The van der Waals surface area contributed by atoms with Gasteiger partial charge in [0.05, 0.1) is 16.9 Å². The molecule has 0 unspecified atom stereocenters. The van der Waals surface area contributed by atoms with Gasteiger partial charge in [-0.05, 0) is 26.0 Å². The van der Waals surface area contributed by atoms with E-state index in [2.05, 4.69) is 14.7 Å². The second-order valence-electron chi connectivity index (χ2n) is 4.67. The molecule has 9 nitrogen and oxygen atoms in total. The smallest absolute Gasteiger partial charge is 0.310 e. The number of benzene rings is 1. The minimum atomic E-state index is -4.00. The normalized spacial score (nSPS) is 11.1. The van der Waals surface area contributed by atoms with Crippen molar-refractivity contribution < 1.29 is 18.1 Å². The molecule has 10 heteroatoms. The van der Waals surface area contributed by atoms with Gasteiger partial charge in [0, 0.05) is 23.5 Å². The lowest BCUT2D eigenvalue weighted by Gasteiger charge is -2.09. The van der Waals surface area contributed by atoms with E-state index in [1.165, 1.54) is 7.11 Å². The molecule has 2 aromatic rings. The van der Waals surface area contributed by atoms with E-state index in [-0.39, 0.29) is 22.3 Å². The van der Waals surface area contributed by atoms with Crippen molar-refractivity contribution in [2.24, 2.45) is 0 Å². The van der Waals surface area contributed by atoms with Crippen molar-refractivity contribution in [1.29, 1.82) is 0 Å². The van der Waals surface area contributed by atoms with Crippen LogP contribution in [0.4, 0.5) is 11.6 Å². The fraction of sp³-hybridized carbons (Fsp3) is 0.231. The number of aryl methyl sites for hydroxylation is 2. The molecule has 23 heavy (non-hydrogen) atoms. The molecule has 2 rings (SSSR count). The van der Waals surface area contributed by atoms with Crippen LogP contribution in [0.25, 0.3) is 0 Å². The van der Waals surface area contributed by atoms with Crippen molar-refractivity contribution in [3.63, 3.8) is 0 Å². The minimum absolute atomic E-state index is 0.0696. The Balaban J connectivity index is 2.41. The number of anilines is 1. The van der Waals surface area contributed by atoms with E-state index in [1.807, 2.05) is 0 Å². The summed E-state index contributed by atoms with van der Waals surface area (Å²) in [6.07, 6.45) is 0. The van der Waals surface area contributed by atoms with Crippen LogP contribution in [0, 0.1) is 24.0 Å². The molecule has 0 aliphatic carbocycles. The monoisotopic (exact) mass is 338 g/mol. The van der Waals surface area contributed by atoms with Crippen LogP contribution < -0.4 is 9.46 Å². The van der Waals surface area contributed by atoms with Gasteiger partial charge in [-0.2, -0.15) is 0 Å². The Morgan fingerprint density at radius 1 is 1.17 bits per heavy atom. The maximum absolute atomic E-state index is 12.4. The molecule has 1 aromatic carbocycles. The lowest BCUT2D eigenvalue weighted by Crippen LogP contribution is -2.16. The summed E-state index contributed by atoms with van der Waals surface area (Å²) in [5, 5.41) is 10.8. The number of methoxy groups -OCH3 is 1. The van der Waals surface area contributed by atoms with Gasteiger partial charge in [-0.15, -0.1) is 0 Å². The minimum Gasteiger partial charge on any atom is -0.490 e. The maximum atomic E-state index is 12.4. The van der Waals surface area contributed by atoms with E-state index in [9.17, 15) is 18.5 Å². The number of rotatable bonds is 5. The Morgan fingerprint density at radius 2 is 1.78 bits per heavy atom. The van der Waals surface area contributed by atoms with E-state index in [0.717, 1.165) is 18.2 Å². The van der Waals surface area contributed by atoms with Crippen LogP contribution in [0.3, 0.4) is 0 Å². The van der Waals surface area contributed by atoms with E-state index in [4.69, 9.17) is 4.74 Å². The zero-order valence-corrected chi connectivity index (χ0v) is 13.4. The number of nitrogens with one attached hydrogen (secondary N) is 1. The summed E-state index contributed by atoms with van der Waals surface area (Å²) in [5.41, 5.74) is 0.891. The Hall–Kier alpha value is -2.75. The van der Waals surface area contributed by atoms with E-state index < -0.39 is 14.9 Å². The molecule has 0 bridgehead atoms. The number of ether oxygens (including phenoxy) is 1. The van der Waals surface area contributed by atoms with Crippen LogP contribution in [0.1, 0.15) is 11.4 Å². The molecule has 0 saturated carbocycles. The van der Waals surface area contributed by atoms with Gasteiger partial charge < -0.3 is 4.74 Å². The second kappa shape index (κ2) is 6.16. The van der Waals surface area contributed by atoms with Gasteiger partial charge in [-0.3, -0.25) is 10.1 Å². The predicted octanol–water partition coefficient (Wildman–Crippen LogP) is 1.81. The summed E-state index contributed by atoms with van der Waals surface area (Å²) < 4.78 is 31.8. The van der Waals surface area contributed by atoms with Crippen molar-refractivity contribution >= 4 is 21.7 Å². The molecule has 0 radical (unpaired) electrons. The SMILES string of the molecule is COc1cc(S(=O)(=O)Nc2nc(C)cc(C)n2)ccc1[N+](=O)[O-]. The van der Waals surface area contributed by atoms with Crippen molar-refractivity contribution in [3.8, 4) is 5.75 Å². The first kappa shape index (κ1) is 16.6. The van der Waals surface area contributed by atoms with E-state index in [0.29, 0.717) is 11.4 Å². The number of nitrogens with zero attached hydrogens (tertiary/aromatic N) is 3. The molecular weight excluding hydrogens is 324 g/mol. The number of hydrogen-bond donors (Lipinski definition) is 1. The Kier molecular flexibility index (Phi) is 4.45. The lowest BCUT2D eigenvalue weighted by atomic mass is 10.3. The van der Waals surface area contributed by atoms with Gasteiger partial charge in [-0.25, -0.2) is 23.1 Å². The molecule has 1 N–H and O–H groups in total. The van der Waals surface area contributed by atoms with Crippen molar-refractivity contribution in [3.05, 3.63) is 45.8 Å². The molecule has 0 aliphatic rings. The maximum Gasteiger partial charge on any atom is 0.310 e. The highest BCUT2D eigenvalue weighted by Gasteiger charge is 2.22. The first-order valence-corrected chi connectivity index (χ1v) is 7.89. The van der Waals surface area contributed by atoms with E-state index in [1.54, 1.807) is 19.9 Å². The Labute approximate surface area is 132 Å². The zero-order chi connectivity index (χ0) is 17.2. The highest BCUT2D eigenvalue weighted by Crippen LogP contribution is 2.29. The average Bonchev–Trinajstić information content (AvgIpc) is 2.44. The van der Waals surface area contributed by atoms with Gasteiger partial charge in [0.25, 0.3) is 10.0 Å². The van der Waals surface area contributed by atoms with Crippen LogP contribution >= 0.6 is 0 Å². The molecule has 0 fully saturated rings. The lowest BCUT2D eigenvalue weighted by molar-refractivity contribution is -0.385. The first-order valence-electron chi connectivity index (χ1n) is 6.40. The summed E-state index contributed by atoms with van der Waals surface area (Å²) >= 11 is 0. The molecule has 0 atom stereocenters. The molecule has 0 saturated heterocycles. The molecule has 0 spiro atoms. The molecule has 1 heterocycles. The number of nitro groups is 1. The van der Waals surface area contributed by atoms with Crippen molar-refractivity contribution in [2.75, 3.05) is 11.8 Å². The summed E-state index contributed by atoms with van der Waals surface area (Å²) in [7, 11) is -2.78. The molecular formula is C13H14N4O5S. The molecule has 1 aromatic heterocycles. The summed E-state index contributed by atoms with van der Waals surface area (Å²) in [6.45, 7) is 3.42. The molecule has 122 valence electrons. The fourth-order valence-corrected chi connectivity index (χ4v) is 2.89. The third kappa shape index (κ3) is 3.72. The highest BCUT2D eigenvalue weighted by molar-refractivity contribution is 7.92. The number of aromatic nitrogens is 2. The largest absolute Gasteiger partial charge is 0.490 e. The van der Waals surface area contributed by atoms with Crippen molar-refractivity contribution in [2.45, 2.75) is 18.7 Å². The summed E-state index contributed by atoms with van der Waals surface area (Å²) in [4.78, 5) is 18.0. The molecule has 0 aliphatic heterocycles. The van der Waals surface area contributed by atoms with Gasteiger partial charge >= 0.3 is 5.69 Å².